The molecule has 3 heterocycles. The zero-order valence-electron chi connectivity index (χ0n) is 21.9. The molecule has 2 aromatic rings. The highest BCUT2D eigenvalue weighted by Crippen LogP contribution is 2.29. The lowest BCUT2D eigenvalue weighted by Crippen LogP contribution is -2.53. The molecule has 4 rings (SSSR count). The van der Waals surface area contributed by atoms with Crippen molar-refractivity contribution < 1.29 is 18.7 Å². The Kier molecular flexibility index (Phi) is 9.40. The van der Waals surface area contributed by atoms with Crippen LogP contribution in [-0.2, 0) is 16.0 Å². The smallest absolute Gasteiger partial charge is 0.258 e. The summed E-state index contributed by atoms with van der Waals surface area (Å²) in [7, 11) is 0. The summed E-state index contributed by atoms with van der Waals surface area (Å²) in [4.78, 5) is 31.4. The molecule has 8 nitrogen and oxygen atoms in total. The number of fused-ring (bicyclic) bond motifs is 1. The number of hydrogen-bond donors (Lipinski definition) is 1. The number of nitrogens with two attached hydrogens (primary N) is 1. The van der Waals surface area contributed by atoms with Gasteiger partial charge in [0.05, 0.1) is 17.7 Å². The Balaban J connectivity index is 1.19. The number of likely N-dealkylation sites (tertiary alicyclic amines) is 1. The minimum Gasteiger partial charge on any atom is -0.460 e. The summed E-state index contributed by atoms with van der Waals surface area (Å²) >= 11 is 0. The molecule has 0 aliphatic carbocycles. The monoisotopic (exact) mass is 498 g/mol. The molecule has 0 bridgehead atoms. The van der Waals surface area contributed by atoms with E-state index in [0.717, 1.165) is 113 Å². The molecular weight excluding hydrogens is 456 g/mol. The van der Waals surface area contributed by atoms with Gasteiger partial charge in [-0.1, -0.05) is 31.5 Å². The van der Waals surface area contributed by atoms with Crippen LogP contribution < -0.4 is 5.73 Å². The number of ether oxygens (including phenoxy) is 1. The van der Waals surface area contributed by atoms with Crippen LogP contribution >= 0.6 is 0 Å². The zero-order valence-corrected chi connectivity index (χ0v) is 21.9. The second-order valence-electron chi connectivity index (χ2n) is 10.2. The first-order valence-electron chi connectivity index (χ1n) is 13.6. The van der Waals surface area contributed by atoms with Crippen LogP contribution in [0.3, 0.4) is 0 Å². The van der Waals surface area contributed by atoms with Crippen LogP contribution in [0.1, 0.15) is 62.1 Å². The number of carbonyl (C=O) groups is 2. The van der Waals surface area contributed by atoms with Gasteiger partial charge in [-0.2, -0.15) is 0 Å². The number of benzene rings is 1. The van der Waals surface area contributed by atoms with Crippen LogP contribution in [0.25, 0.3) is 11.0 Å². The average molecular weight is 499 g/mol. The normalized spacial score (nSPS) is 19.1. The summed E-state index contributed by atoms with van der Waals surface area (Å²) in [6.45, 7) is 10.9. The maximum absolute atomic E-state index is 13.5. The Morgan fingerprint density at radius 3 is 2.50 bits per heavy atom. The van der Waals surface area contributed by atoms with Crippen molar-refractivity contribution in [3.8, 4) is 0 Å². The average Bonchev–Trinajstić information content (AvgIpc) is 3.28. The predicted octanol–water partition coefficient (Wildman–Crippen LogP) is 3.28. The lowest BCUT2D eigenvalue weighted by atomic mass is 10.0. The third kappa shape index (κ3) is 6.47. The van der Waals surface area contributed by atoms with Crippen LogP contribution in [0.4, 0.5) is 0 Å². The van der Waals surface area contributed by atoms with E-state index in [9.17, 15) is 9.59 Å². The molecule has 2 aliphatic rings. The SMILES string of the molecule is CCCCc1oc2ccccc2c1C(=O)N1CCC(OCCCN2CCN(C(C)C(N)=O)CC2)CC1. The van der Waals surface area contributed by atoms with Crippen molar-refractivity contribution in [2.24, 2.45) is 5.73 Å². The fourth-order valence-corrected chi connectivity index (χ4v) is 5.32. The van der Waals surface area contributed by atoms with Crippen molar-refractivity contribution in [1.29, 1.82) is 0 Å². The molecule has 1 unspecified atom stereocenters. The first-order valence-corrected chi connectivity index (χ1v) is 13.6. The van der Waals surface area contributed by atoms with Crippen molar-refractivity contribution in [1.82, 2.24) is 14.7 Å². The highest BCUT2D eigenvalue weighted by atomic mass is 16.5. The third-order valence-corrected chi connectivity index (χ3v) is 7.71. The second kappa shape index (κ2) is 12.7. The van der Waals surface area contributed by atoms with E-state index in [-0.39, 0.29) is 24.0 Å². The topological polar surface area (TPSA) is 92.2 Å². The highest BCUT2D eigenvalue weighted by molar-refractivity contribution is 6.07. The van der Waals surface area contributed by atoms with Gasteiger partial charge in [-0.3, -0.25) is 14.5 Å². The number of piperazine rings is 1. The lowest BCUT2D eigenvalue weighted by Gasteiger charge is -2.37. The number of rotatable bonds is 11. The Morgan fingerprint density at radius 2 is 1.81 bits per heavy atom. The molecular formula is C28H42N4O4. The van der Waals surface area contributed by atoms with Crippen molar-refractivity contribution in [3.63, 3.8) is 0 Å². The fourth-order valence-electron chi connectivity index (χ4n) is 5.32. The van der Waals surface area contributed by atoms with Crippen molar-refractivity contribution >= 4 is 22.8 Å². The summed E-state index contributed by atoms with van der Waals surface area (Å²) in [5.41, 5.74) is 6.98. The zero-order chi connectivity index (χ0) is 25.5. The number of amides is 2. The lowest BCUT2D eigenvalue weighted by molar-refractivity contribution is -0.123. The van der Waals surface area contributed by atoms with Gasteiger partial charge in [0.2, 0.25) is 5.91 Å². The van der Waals surface area contributed by atoms with E-state index in [4.69, 9.17) is 14.9 Å². The van der Waals surface area contributed by atoms with Gasteiger partial charge in [-0.25, -0.2) is 0 Å². The van der Waals surface area contributed by atoms with Crippen LogP contribution in [0.5, 0.6) is 0 Å². The van der Waals surface area contributed by atoms with Gasteiger partial charge < -0.3 is 24.7 Å². The van der Waals surface area contributed by atoms with Gasteiger partial charge in [0.1, 0.15) is 11.3 Å². The molecule has 1 aromatic heterocycles. The molecule has 36 heavy (non-hydrogen) atoms. The molecule has 8 heteroatoms. The van der Waals surface area contributed by atoms with Crippen LogP contribution in [0.15, 0.2) is 28.7 Å². The van der Waals surface area contributed by atoms with Crippen molar-refractivity contribution in [2.45, 2.75) is 64.5 Å². The van der Waals surface area contributed by atoms with Gasteiger partial charge in [0.15, 0.2) is 0 Å². The molecule has 198 valence electrons. The number of nitrogens with zero attached hydrogens (tertiary/aromatic N) is 3. The molecule has 0 spiro atoms. The van der Waals surface area contributed by atoms with Gasteiger partial charge in [-0.15, -0.1) is 0 Å². The molecule has 1 atom stereocenters. The first-order chi connectivity index (χ1) is 17.5. The Bertz CT molecular complexity index is 1010. The quantitative estimate of drug-likeness (QED) is 0.478. The van der Waals surface area contributed by atoms with E-state index >= 15 is 0 Å². The molecule has 2 N–H and O–H groups in total. The molecule has 2 amide bonds. The standard InChI is InChI=1S/C28H42N4O4/c1-3-4-9-25-26(23-8-5-6-10-24(23)36-25)28(34)32-14-11-22(12-15-32)35-20-7-13-30-16-18-31(19-17-30)21(2)27(29)33/h5-6,8,10,21-22H,3-4,7,9,11-20H2,1-2H3,(H2,29,33). The Labute approximate surface area is 214 Å². The van der Waals surface area contributed by atoms with Crippen molar-refractivity contribution in [2.75, 3.05) is 52.4 Å². The molecule has 2 aliphatic heterocycles. The van der Waals surface area contributed by atoms with E-state index in [1.165, 1.54) is 0 Å². The van der Waals surface area contributed by atoms with Crippen LogP contribution in [0.2, 0.25) is 0 Å². The maximum Gasteiger partial charge on any atom is 0.258 e. The largest absolute Gasteiger partial charge is 0.460 e. The predicted molar refractivity (Wildman–Crippen MR) is 141 cm³/mol. The van der Waals surface area contributed by atoms with E-state index in [1.807, 2.05) is 36.1 Å². The van der Waals surface area contributed by atoms with Crippen molar-refractivity contribution in [3.05, 3.63) is 35.6 Å². The summed E-state index contributed by atoms with van der Waals surface area (Å²) in [6.07, 6.45) is 5.82. The summed E-state index contributed by atoms with van der Waals surface area (Å²) in [5, 5.41) is 0.928. The fraction of sp³-hybridized carbons (Fsp3) is 0.643. The Morgan fingerprint density at radius 1 is 1.08 bits per heavy atom. The second-order valence-corrected chi connectivity index (χ2v) is 10.2. The maximum atomic E-state index is 13.5. The van der Waals surface area contributed by atoms with Crippen LogP contribution in [0, 0.1) is 0 Å². The molecule has 0 radical (unpaired) electrons. The minimum atomic E-state index is -0.250. The molecule has 1 aromatic carbocycles. The summed E-state index contributed by atoms with van der Waals surface area (Å²) in [6, 6.07) is 7.68. The minimum absolute atomic E-state index is 0.0919. The number of aryl methyl sites for hydroxylation is 1. The highest BCUT2D eigenvalue weighted by Gasteiger charge is 2.29. The molecule has 2 fully saturated rings. The first kappa shape index (κ1) is 26.6. The number of carbonyl (C=O) groups excluding carboxylic acids is 2. The summed E-state index contributed by atoms with van der Waals surface area (Å²) in [5.74, 6) is 0.667. The number of furan rings is 1. The number of para-hydroxylation sites is 1. The van der Waals surface area contributed by atoms with Gasteiger partial charge in [-0.05, 0) is 38.7 Å². The number of piperidine rings is 1. The molecule has 2 saturated heterocycles. The van der Waals surface area contributed by atoms with E-state index in [0.29, 0.717) is 0 Å². The Hall–Kier alpha value is -2.42. The van der Waals surface area contributed by atoms with Gasteiger partial charge >= 0.3 is 0 Å². The number of unbranched alkanes of at least 4 members (excludes halogenated alkanes) is 1. The number of hydrogen-bond acceptors (Lipinski definition) is 6. The van der Waals surface area contributed by atoms with Gasteiger partial charge in [0, 0.05) is 64.2 Å². The third-order valence-electron chi connectivity index (χ3n) is 7.71. The molecule has 0 saturated carbocycles. The van der Waals surface area contributed by atoms with E-state index in [1.54, 1.807) is 0 Å². The number of primary amides is 1. The van der Waals surface area contributed by atoms with Crippen LogP contribution in [-0.4, -0.2) is 91.1 Å². The van der Waals surface area contributed by atoms with Gasteiger partial charge in [0.25, 0.3) is 5.91 Å². The summed E-state index contributed by atoms with van der Waals surface area (Å²) < 4.78 is 12.3. The van der Waals surface area contributed by atoms with E-state index < -0.39 is 0 Å². The van der Waals surface area contributed by atoms with E-state index in [2.05, 4.69) is 16.7 Å².